The molecule has 152 valence electrons. The van der Waals surface area contributed by atoms with E-state index >= 15 is 0 Å². The van der Waals surface area contributed by atoms with Gasteiger partial charge in [-0.15, -0.1) is 0 Å². The minimum absolute atomic E-state index is 0.0590. The molecule has 0 aromatic heterocycles. The Kier molecular flexibility index (Phi) is 13.6. The summed E-state index contributed by atoms with van der Waals surface area (Å²) in [7, 11) is 0. The number of carbonyl (C=O) groups excluding carboxylic acids is 3. The molecule has 0 radical (unpaired) electrons. The number of aliphatic hydroxyl groups excluding tert-OH is 1. The van der Waals surface area contributed by atoms with E-state index in [9.17, 15) is 19.5 Å². The van der Waals surface area contributed by atoms with Crippen molar-refractivity contribution in [1.29, 1.82) is 0 Å². The zero-order valence-electron chi connectivity index (χ0n) is 16.5. The molecule has 1 N–H and O–H groups in total. The first-order chi connectivity index (χ1) is 12.3. The molecule has 0 amide bonds. The van der Waals surface area contributed by atoms with Gasteiger partial charge in [0.15, 0.2) is 0 Å². The summed E-state index contributed by atoms with van der Waals surface area (Å²) in [4.78, 5) is 36.5. The number of carbonyl (C=O) groups is 3. The van der Waals surface area contributed by atoms with E-state index in [0.29, 0.717) is 12.8 Å². The minimum Gasteiger partial charge on any atom is -0.466 e. The summed E-state index contributed by atoms with van der Waals surface area (Å²) in [5.74, 6) is -3.46. The van der Waals surface area contributed by atoms with Crippen molar-refractivity contribution < 1.29 is 33.7 Å². The van der Waals surface area contributed by atoms with E-state index in [-0.39, 0.29) is 26.2 Å². The average Bonchev–Trinajstić information content (AvgIpc) is 2.59. The Morgan fingerprint density at radius 3 is 1.88 bits per heavy atom. The van der Waals surface area contributed by atoms with Crippen LogP contribution in [0.25, 0.3) is 0 Å². The van der Waals surface area contributed by atoms with Crippen LogP contribution in [0.2, 0.25) is 0 Å². The van der Waals surface area contributed by atoms with Crippen LogP contribution in [0, 0.1) is 11.8 Å². The van der Waals surface area contributed by atoms with Crippen LogP contribution in [0.4, 0.5) is 0 Å². The van der Waals surface area contributed by atoms with Gasteiger partial charge < -0.3 is 19.3 Å². The molecular formula is C19H34O7. The minimum atomic E-state index is -0.944. The summed E-state index contributed by atoms with van der Waals surface area (Å²) in [6.07, 6.45) is 2.69. The highest BCUT2D eigenvalue weighted by atomic mass is 16.5. The molecule has 0 heterocycles. The third kappa shape index (κ3) is 11.1. The van der Waals surface area contributed by atoms with E-state index in [4.69, 9.17) is 14.2 Å². The Morgan fingerprint density at radius 1 is 0.846 bits per heavy atom. The van der Waals surface area contributed by atoms with Crippen molar-refractivity contribution in [1.82, 2.24) is 0 Å². The number of ether oxygens (including phenoxy) is 3. The number of rotatable bonds is 14. The van der Waals surface area contributed by atoms with Crippen LogP contribution in [-0.4, -0.2) is 48.9 Å². The standard InChI is InChI=1S/C19H34O7/c1-5-7-10-25-18(22)15(4)16(19(23)26-11-8-6-2)13-17(21)24-12-9-14(3)20/h14-16,20H,5-13H2,1-4H3. The number of unbranched alkanes of at least 4 members (excludes halogenated alkanes) is 2. The molecule has 0 fully saturated rings. The van der Waals surface area contributed by atoms with Crippen LogP contribution >= 0.6 is 0 Å². The maximum absolute atomic E-state index is 12.3. The molecular weight excluding hydrogens is 340 g/mol. The average molecular weight is 374 g/mol. The van der Waals surface area contributed by atoms with E-state index in [2.05, 4.69) is 0 Å². The SMILES string of the molecule is CCCCOC(=O)C(C)C(CC(=O)OCCC(C)O)C(=O)OCCCC. The fourth-order valence-corrected chi connectivity index (χ4v) is 2.08. The summed E-state index contributed by atoms with van der Waals surface area (Å²) >= 11 is 0. The van der Waals surface area contributed by atoms with Gasteiger partial charge in [0.2, 0.25) is 0 Å². The van der Waals surface area contributed by atoms with E-state index in [1.165, 1.54) is 0 Å². The van der Waals surface area contributed by atoms with Crippen LogP contribution in [0.5, 0.6) is 0 Å². The van der Waals surface area contributed by atoms with E-state index in [0.717, 1.165) is 19.3 Å². The monoisotopic (exact) mass is 374 g/mol. The number of hydrogen-bond donors (Lipinski definition) is 1. The predicted molar refractivity (Wildman–Crippen MR) is 96.3 cm³/mol. The van der Waals surface area contributed by atoms with Crippen LogP contribution in [0.15, 0.2) is 0 Å². The molecule has 0 bridgehead atoms. The normalized spacial score (nSPS) is 14.2. The van der Waals surface area contributed by atoms with E-state index in [1.807, 2.05) is 13.8 Å². The van der Waals surface area contributed by atoms with Gasteiger partial charge in [0.25, 0.3) is 0 Å². The summed E-state index contributed by atoms with van der Waals surface area (Å²) < 4.78 is 15.4. The van der Waals surface area contributed by atoms with Crippen LogP contribution in [0.3, 0.4) is 0 Å². The molecule has 7 heteroatoms. The third-order valence-electron chi connectivity index (χ3n) is 3.95. The van der Waals surface area contributed by atoms with Crippen LogP contribution in [-0.2, 0) is 28.6 Å². The van der Waals surface area contributed by atoms with Crippen molar-refractivity contribution in [2.24, 2.45) is 11.8 Å². The summed E-state index contributed by atoms with van der Waals surface area (Å²) in [5.41, 5.74) is 0. The second-order valence-electron chi connectivity index (χ2n) is 6.50. The van der Waals surface area contributed by atoms with Crippen molar-refractivity contribution in [2.75, 3.05) is 19.8 Å². The fourth-order valence-electron chi connectivity index (χ4n) is 2.08. The second-order valence-corrected chi connectivity index (χ2v) is 6.50. The molecule has 0 saturated heterocycles. The van der Waals surface area contributed by atoms with E-state index in [1.54, 1.807) is 13.8 Å². The molecule has 0 aliphatic rings. The van der Waals surface area contributed by atoms with Crippen molar-refractivity contribution in [3.8, 4) is 0 Å². The highest BCUT2D eigenvalue weighted by Crippen LogP contribution is 2.21. The molecule has 0 aliphatic carbocycles. The van der Waals surface area contributed by atoms with Crippen molar-refractivity contribution in [2.45, 2.75) is 72.3 Å². The first-order valence-corrected chi connectivity index (χ1v) is 9.50. The van der Waals surface area contributed by atoms with Gasteiger partial charge >= 0.3 is 17.9 Å². The molecule has 0 rings (SSSR count). The molecule has 0 aromatic rings. The molecule has 0 spiro atoms. The van der Waals surface area contributed by atoms with Crippen molar-refractivity contribution in [3.05, 3.63) is 0 Å². The van der Waals surface area contributed by atoms with Gasteiger partial charge in [-0.05, 0) is 19.8 Å². The summed E-state index contributed by atoms with van der Waals surface area (Å²) in [5, 5.41) is 9.19. The molecule has 7 nitrogen and oxygen atoms in total. The van der Waals surface area contributed by atoms with Crippen molar-refractivity contribution >= 4 is 17.9 Å². The zero-order chi connectivity index (χ0) is 19.9. The van der Waals surface area contributed by atoms with Crippen LogP contribution < -0.4 is 0 Å². The lowest BCUT2D eigenvalue weighted by atomic mass is 9.91. The van der Waals surface area contributed by atoms with Gasteiger partial charge in [-0.2, -0.15) is 0 Å². The number of aliphatic hydroxyl groups is 1. The number of esters is 3. The first-order valence-electron chi connectivity index (χ1n) is 9.50. The molecule has 3 unspecified atom stereocenters. The lowest BCUT2D eigenvalue weighted by Gasteiger charge is -2.21. The molecule has 26 heavy (non-hydrogen) atoms. The van der Waals surface area contributed by atoms with E-state index < -0.39 is 35.8 Å². The summed E-state index contributed by atoms with van der Waals surface area (Å²) in [6.45, 7) is 7.70. The lowest BCUT2D eigenvalue weighted by molar-refractivity contribution is -0.164. The maximum Gasteiger partial charge on any atom is 0.310 e. The smallest absolute Gasteiger partial charge is 0.310 e. The fraction of sp³-hybridized carbons (Fsp3) is 0.842. The van der Waals surface area contributed by atoms with Crippen LogP contribution in [0.1, 0.15) is 66.2 Å². The topological polar surface area (TPSA) is 99.1 Å². The predicted octanol–water partition coefficient (Wildman–Crippen LogP) is 2.63. The third-order valence-corrected chi connectivity index (χ3v) is 3.95. The quantitative estimate of drug-likeness (QED) is 0.283. The highest BCUT2D eigenvalue weighted by Gasteiger charge is 2.35. The van der Waals surface area contributed by atoms with Gasteiger partial charge in [-0.1, -0.05) is 33.6 Å². The molecule has 3 atom stereocenters. The Balaban J connectivity index is 4.78. The second kappa shape index (κ2) is 14.5. The van der Waals surface area contributed by atoms with Crippen molar-refractivity contribution in [3.63, 3.8) is 0 Å². The van der Waals surface area contributed by atoms with Gasteiger partial charge in [0.1, 0.15) is 0 Å². The molecule has 0 saturated carbocycles. The van der Waals surface area contributed by atoms with Gasteiger partial charge in [0.05, 0.1) is 44.2 Å². The summed E-state index contributed by atoms with van der Waals surface area (Å²) in [6, 6.07) is 0. The zero-order valence-corrected chi connectivity index (χ0v) is 16.5. The van der Waals surface area contributed by atoms with Gasteiger partial charge in [-0.3, -0.25) is 14.4 Å². The molecule has 0 aliphatic heterocycles. The number of hydrogen-bond acceptors (Lipinski definition) is 7. The van der Waals surface area contributed by atoms with Gasteiger partial charge in [0, 0.05) is 6.42 Å². The Labute approximate surface area is 156 Å². The first kappa shape index (κ1) is 24.4. The lowest BCUT2D eigenvalue weighted by Crippen LogP contribution is -2.33. The Bertz CT molecular complexity index is 420. The van der Waals surface area contributed by atoms with Gasteiger partial charge in [-0.25, -0.2) is 0 Å². The Morgan fingerprint density at radius 2 is 1.38 bits per heavy atom. The Hall–Kier alpha value is -1.63. The highest BCUT2D eigenvalue weighted by molar-refractivity contribution is 5.85. The largest absolute Gasteiger partial charge is 0.466 e. The molecule has 0 aromatic carbocycles. The maximum atomic E-state index is 12.3.